The molecule has 0 aliphatic carbocycles. The molecule has 0 aliphatic heterocycles. The molecule has 0 spiro atoms. The smallest absolute Gasteiger partial charge is 0.0736 e. The molecule has 0 saturated carbocycles. The zero-order valence-electron chi connectivity index (χ0n) is 11.6. The van der Waals surface area contributed by atoms with Crippen molar-refractivity contribution in [1.82, 2.24) is 10.3 Å². The summed E-state index contributed by atoms with van der Waals surface area (Å²) in [4.78, 5) is 4.95. The number of thiophene rings is 1. The van der Waals surface area contributed by atoms with E-state index in [1.165, 1.54) is 9.75 Å². The van der Waals surface area contributed by atoms with Gasteiger partial charge in [-0.15, -0.1) is 11.3 Å². The Kier molecular flexibility index (Phi) is 5.13. The van der Waals surface area contributed by atoms with Crippen LogP contribution in [0.2, 0.25) is 0 Å². The van der Waals surface area contributed by atoms with E-state index in [1.54, 1.807) is 0 Å². The molecule has 0 aromatic carbocycles. The zero-order chi connectivity index (χ0) is 13.1. The van der Waals surface area contributed by atoms with E-state index in [1.807, 2.05) is 11.3 Å². The van der Waals surface area contributed by atoms with Crippen LogP contribution in [0.5, 0.6) is 0 Å². The van der Waals surface area contributed by atoms with Crippen LogP contribution in [-0.2, 0) is 0 Å². The number of hydrogen-bond donors (Lipinski definition) is 2. The lowest BCUT2D eigenvalue weighted by Crippen LogP contribution is -2.54. The Hall–Kier alpha value is -0.420. The third-order valence-corrected chi connectivity index (χ3v) is 4.93. The van der Waals surface area contributed by atoms with Crippen LogP contribution in [0, 0.1) is 6.92 Å². The summed E-state index contributed by atoms with van der Waals surface area (Å²) in [5.74, 6) is 5.82. The van der Waals surface area contributed by atoms with Crippen molar-refractivity contribution in [3.63, 3.8) is 0 Å². The Labute approximate surface area is 109 Å². The molecule has 1 unspecified atom stereocenters. The second-order valence-corrected chi connectivity index (χ2v) is 6.07. The van der Waals surface area contributed by atoms with Crippen molar-refractivity contribution in [2.45, 2.75) is 45.2 Å². The first kappa shape index (κ1) is 14.6. The van der Waals surface area contributed by atoms with Gasteiger partial charge in [0, 0.05) is 15.3 Å². The molecule has 1 rings (SSSR count). The predicted molar refractivity (Wildman–Crippen MR) is 76.1 cm³/mol. The van der Waals surface area contributed by atoms with E-state index >= 15 is 0 Å². The van der Waals surface area contributed by atoms with E-state index in [2.05, 4.69) is 57.3 Å². The lowest BCUT2D eigenvalue weighted by atomic mass is 9.82. The monoisotopic (exact) mass is 255 g/mol. The second kappa shape index (κ2) is 5.96. The minimum atomic E-state index is 0.0754. The molecule has 0 amide bonds. The number of hydrazine groups is 1. The fourth-order valence-electron chi connectivity index (χ4n) is 2.66. The summed E-state index contributed by atoms with van der Waals surface area (Å²) in [7, 11) is 4.27. The molecule has 0 radical (unpaired) electrons. The molecule has 0 bridgehead atoms. The molecule has 0 fully saturated rings. The zero-order valence-corrected chi connectivity index (χ0v) is 12.4. The summed E-state index contributed by atoms with van der Waals surface area (Å²) in [6.07, 6.45) is 2.14. The summed E-state index contributed by atoms with van der Waals surface area (Å²) < 4.78 is 0. The molecule has 3 nitrogen and oxygen atoms in total. The van der Waals surface area contributed by atoms with Gasteiger partial charge in [0.15, 0.2) is 0 Å². The van der Waals surface area contributed by atoms with Crippen molar-refractivity contribution in [3.8, 4) is 0 Å². The molecule has 3 N–H and O–H groups in total. The normalized spacial score (nSPS) is 14.3. The fourth-order valence-corrected chi connectivity index (χ4v) is 3.71. The Bertz CT molecular complexity index is 342. The van der Waals surface area contributed by atoms with Gasteiger partial charge >= 0.3 is 0 Å². The quantitative estimate of drug-likeness (QED) is 0.606. The van der Waals surface area contributed by atoms with Crippen LogP contribution in [0.25, 0.3) is 0 Å². The first-order valence-corrected chi connectivity index (χ1v) is 7.03. The maximum atomic E-state index is 5.82. The van der Waals surface area contributed by atoms with Crippen LogP contribution in [0.3, 0.4) is 0 Å². The van der Waals surface area contributed by atoms with Crippen molar-refractivity contribution in [1.29, 1.82) is 0 Å². The molecule has 1 atom stereocenters. The van der Waals surface area contributed by atoms with Crippen molar-refractivity contribution in [2.75, 3.05) is 14.1 Å². The molecule has 17 heavy (non-hydrogen) atoms. The van der Waals surface area contributed by atoms with E-state index in [0.717, 1.165) is 12.8 Å². The maximum Gasteiger partial charge on any atom is 0.0736 e. The van der Waals surface area contributed by atoms with Crippen LogP contribution in [0.1, 0.15) is 42.5 Å². The largest absolute Gasteiger partial charge is 0.302 e. The van der Waals surface area contributed by atoms with Gasteiger partial charge in [0.05, 0.1) is 6.04 Å². The van der Waals surface area contributed by atoms with Gasteiger partial charge in [0.25, 0.3) is 0 Å². The minimum Gasteiger partial charge on any atom is -0.302 e. The number of likely N-dealkylation sites (N-methyl/N-ethyl adjacent to an activating group) is 1. The minimum absolute atomic E-state index is 0.0754. The molecule has 1 aromatic heterocycles. The van der Waals surface area contributed by atoms with Gasteiger partial charge in [-0.2, -0.15) is 0 Å². The first-order chi connectivity index (χ1) is 8.01. The molecule has 0 saturated heterocycles. The molecule has 1 heterocycles. The predicted octanol–water partition coefficient (Wildman–Crippen LogP) is 2.68. The van der Waals surface area contributed by atoms with Crippen LogP contribution < -0.4 is 11.3 Å². The highest BCUT2D eigenvalue weighted by atomic mass is 32.1. The summed E-state index contributed by atoms with van der Waals surface area (Å²) in [6.45, 7) is 6.60. The molecule has 1 aromatic rings. The lowest BCUT2D eigenvalue weighted by molar-refractivity contribution is 0.0897. The van der Waals surface area contributed by atoms with Gasteiger partial charge in [0.2, 0.25) is 0 Å². The number of nitrogens with two attached hydrogens (primary N) is 1. The number of hydrogen-bond acceptors (Lipinski definition) is 4. The summed E-state index contributed by atoms with van der Waals surface area (Å²) in [6, 6.07) is 4.54. The van der Waals surface area contributed by atoms with Gasteiger partial charge in [-0.1, -0.05) is 13.8 Å². The van der Waals surface area contributed by atoms with E-state index in [-0.39, 0.29) is 11.6 Å². The van der Waals surface area contributed by atoms with Crippen LogP contribution in [0.15, 0.2) is 12.1 Å². The number of nitrogens with one attached hydrogen (secondary N) is 1. The van der Waals surface area contributed by atoms with Crippen LogP contribution in [-0.4, -0.2) is 24.5 Å². The summed E-state index contributed by atoms with van der Waals surface area (Å²) in [5.41, 5.74) is 3.10. The van der Waals surface area contributed by atoms with Crippen molar-refractivity contribution < 1.29 is 0 Å². The average Bonchev–Trinajstić information content (AvgIpc) is 2.72. The highest BCUT2D eigenvalue weighted by Crippen LogP contribution is 2.38. The molecular weight excluding hydrogens is 230 g/mol. The lowest BCUT2D eigenvalue weighted by Gasteiger charge is -2.44. The number of nitrogens with zero attached hydrogens (tertiary/aromatic N) is 1. The van der Waals surface area contributed by atoms with E-state index in [9.17, 15) is 0 Å². The standard InChI is InChI=1S/C13H25N3S/c1-6-13(7-2,16(4)5)12(15-14)11-9-8-10(3)17-11/h8-9,12,15H,6-7,14H2,1-5H3. The summed E-state index contributed by atoms with van der Waals surface area (Å²) >= 11 is 1.83. The van der Waals surface area contributed by atoms with Crippen LogP contribution >= 0.6 is 11.3 Å². The highest BCUT2D eigenvalue weighted by molar-refractivity contribution is 7.12. The summed E-state index contributed by atoms with van der Waals surface area (Å²) in [5, 5.41) is 0. The molecule has 4 heteroatoms. The van der Waals surface area contributed by atoms with E-state index in [4.69, 9.17) is 5.84 Å². The van der Waals surface area contributed by atoms with E-state index < -0.39 is 0 Å². The van der Waals surface area contributed by atoms with Gasteiger partial charge in [-0.05, 0) is 46.0 Å². The molecule has 98 valence electrons. The van der Waals surface area contributed by atoms with Crippen molar-refractivity contribution >= 4 is 11.3 Å². The van der Waals surface area contributed by atoms with Gasteiger partial charge < -0.3 is 4.90 Å². The van der Waals surface area contributed by atoms with Gasteiger partial charge in [0.1, 0.15) is 0 Å². The van der Waals surface area contributed by atoms with Crippen molar-refractivity contribution in [3.05, 3.63) is 21.9 Å². The van der Waals surface area contributed by atoms with Gasteiger partial charge in [-0.3, -0.25) is 11.3 Å². The second-order valence-electron chi connectivity index (χ2n) is 4.75. The van der Waals surface area contributed by atoms with E-state index in [0.29, 0.717) is 0 Å². The topological polar surface area (TPSA) is 41.3 Å². The average molecular weight is 255 g/mol. The Morgan fingerprint density at radius 1 is 1.35 bits per heavy atom. The number of rotatable bonds is 6. The molecule has 0 aliphatic rings. The SMILES string of the molecule is CCC(CC)(C(NN)c1ccc(C)s1)N(C)C. The van der Waals surface area contributed by atoms with Gasteiger partial charge in [-0.25, -0.2) is 0 Å². The maximum absolute atomic E-state index is 5.82. The third-order valence-electron chi connectivity index (χ3n) is 3.86. The van der Waals surface area contributed by atoms with Crippen LogP contribution in [0.4, 0.5) is 0 Å². The molecular formula is C13H25N3S. The number of aryl methyl sites for hydroxylation is 1. The Balaban J connectivity index is 3.13. The first-order valence-electron chi connectivity index (χ1n) is 6.21. The third kappa shape index (κ3) is 2.71. The van der Waals surface area contributed by atoms with Crippen molar-refractivity contribution in [2.24, 2.45) is 5.84 Å². The Morgan fingerprint density at radius 2 is 1.94 bits per heavy atom. The fraction of sp³-hybridized carbons (Fsp3) is 0.692. The Morgan fingerprint density at radius 3 is 2.24 bits per heavy atom. The highest BCUT2D eigenvalue weighted by Gasteiger charge is 2.38.